The van der Waals surface area contributed by atoms with Gasteiger partial charge >= 0.3 is 5.97 Å². The number of pyridine rings is 1. The van der Waals surface area contributed by atoms with Crippen molar-refractivity contribution in [3.05, 3.63) is 48.3 Å². The number of H-pyrrole nitrogens is 1. The number of ether oxygens (including phenoxy) is 1. The van der Waals surface area contributed by atoms with Gasteiger partial charge in [0.05, 0.1) is 16.6 Å². The molecule has 1 fully saturated rings. The number of hydrogen-bond acceptors (Lipinski definition) is 5. The van der Waals surface area contributed by atoms with Crippen LogP contribution >= 0.6 is 0 Å². The number of aromatic nitrogens is 3. The van der Waals surface area contributed by atoms with E-state index < -0.39 is 5.97 Å². The van der Waals surface area contributed by atoms with E-state index in [1.54, 1.807) is 35.5 Å². The second kappa shape index (κ2) is 7.80. The minimum atomic E-state index is -0.516. The Morgan fingerprint density at radius 3 is 2.82 bits per heavy atom. The molecule has 1 amide bonds. The van der Waals surface area contributed by atoms with Crippen LogP contribution in [-0.4, -0.2) is 51.4 Å². The molecule has 1 N–H and O–H groups in total. The van der Waals surface area contributed by atoms with Crippen molar-refractivity contribution in [2.24, 2.45) is 5.92 Å². The number of aromatic amines is 1. The highest BCUT2D eigenvalue weighted by Gasteiger charge is 2.21. The van der Waals surface area contributed by atoms with Crippen molar-refractivity contribution in [2.75, 3.05) is 19.7 Å². The quantitative estimate of drug-likeness (QED) is 0.705. The first-order chi connectivity index (χ1) is 13.6. The zero-order valence-corrected chi connectivity index (χ0v) is 15.7. The van der Waals surface area contributed by atoms with Gasteiger partial charge in [-0.2, -0.15) is 0 Å². The van der Waals surface area contributed by atoms with Gasteiger partial charge in [0.25, 0.3) is 5.91 Å². The van der Waals surface area contributed by atoms with Gasteiger partial charge in [-0.1, -0.05) is 6.92 Å². The van der Waals surface area contributed by atoms with Gasteiger partial charge in [0.15, 0.2) is 6.61 Å². The molecule has 0 spiro atoms. The number of nitrogens with one attached hydrogen (secondary N) is 1. The Labute approximate surface area is 162 Å². The summed E-state index contributed by atoms with van der Waals surface area (Å²) in [5.41, 5.74) is 2.72. The van der Waals surface area contributed by atoms with Crippen molar-refractivity contribution in [2.45, 2.75) is 19.8 Å². The van der Waals surface area contributed by atoms with Gasteiger partial charge < -0.3 is 14.6 Å². The maximum Gasteiger partial charge on any atom is 0.338 e. The molecule has 0 unspecified atom stereocenters. The second-order valence-corrected chi connectivity index (χ2v) is 7.20. The van der Waals surface area contributed by atoms with Crippen molar-refractivity contribution in [1.29, 1.82) is 0 Å². The van der Waals surface area contributed by atoms with Crippen molar-refractivity contribution in [3.63, 3.8) is 0 Å². The van der Waals surface area contributed by atoms with E-state index in [1.165, 1.54) is 0 Å². The van der Waals surface area contributed by atoms with Crippen molar-refractivity contribution in [3.8, 4) is 11.4 Å². The number of fused-ring (bicyclic) bond motifs is 1. The first-order valence-electron chi connectivity index (χ1n) is 9.45. The van der Waals surface area contributed by atoms with Crippen LogP contribution in [0.2, 0.25) is 0 Å². The summed E-state index contributed by atoms with van der Waals surface area (Å²) in [6, 6.07) is 8.86. The molecule has 0 atom stereocenters. The normalized spacial score (nSPS) is 15.0. The van der Waals surface area contributed by atoms with Crippen LogP contribution in [0.4, 0.5) is 0 Å². The van der Waals surface area contributed by atoms with E-state index >= 15 is 0 Å². The van der Waals surface area contributed by atoms with E-state index in [-0.39, 0.29) is 12.5 Å². The molecule has 0 radical (unpaired) electrons. The predicted octanol–water partition coefficient (Wildman–Crippen LogP) is 3.04. The number of benzene rings is 1. The van der Waals surface area contributed by atoms with Crippen molar-refractivity contribution in [1.82, 2.24) is 19.9 Å². The largest absolute Gasteiger partial charge is 0.452 e. The number of amides is 1. The Morgan fingerprint density at radius 1 is 1.25 bits per heavy atom. The molecule has 4 rings (SSSR count). The van der Waals surface area contributed by atoms with Crippen LogP contribution in [0.15, 0.2) is 42.7 Å². The van der Waals surface area contributed by atoms with Crippen LogP contribution in [0.1, 0.15) is 30.1 Å². The number of nitrogens with zero attached hydrogens (tertiary/aromatic N) is 3. The van der Waals surface area contributed by atoms with Crippen LogP contribution < -0.4 is 0 Å². The van der Waals surface area contributed by atoms with E-state index in [1.807, 2.05) is 12.1 Å². The van der Waals surface area contributed by atoms with E-state index in [0.29, 0.717) is 17.3 Å². The summed E-state index contributed by atoms with van der Waals surface area (Å²) in [5, 5.41) is 0. The minimum absolute atomic E-state index is 0.137. The lowest BCUT2D eigenvalue weighted by atomic mass is 9.99. The van der Waals surface area contributed by atoms with Crippen LogP contribution in [-0.2, 0) is 9.53 Å². The molecule has 1 aliphatic heterocycles. The van der Waals surface area contributed by atoms with Gasteiger partial charge in [-0.25, -0.2) is 9.78 Å². The van der Waals surface area contributed by atoms with Crippen molar-refractivity contribution >= 4 is 22.9 Å². The molecule has 0 saturated carbocycles. The number of carbonyl (C=O) groups excluding carboxylic acids is 2. The molecular formula is C21H22N4O3. The molecule has 7 heteroatoms. The summed E-state index contributed by atoms with van der Waals surface area (Å²) in [7, 11) is 0. The number of carbonyl (C=O) groups is 2. The van der Waals surface area contributed by atoms with Gasteiger partial charge in [0, 0.05) is 31.0 Å². The molecular weight excluding hydrogens is 356 g/mol. The zero-order valence-electron chi connectivity index (χ0n) is 15.7. The van der Waals surface area contributed by atoms with Gasteiger partial charge in [0.1, 0.15) is 5.82 Å². The molecule has 7 nitrogen and oxygen atoms in total. The summed E-state index contributed by atoms with van der Waals surface area (Å²) in [5.74, 6) is 0.673. The SMILES string of the molecule is CC1CCN(C(=O)COC(=O)c2ccc3nc(-c4cccnc4)[nH]c3c2)CC1. The van der Waals surface area contributed by atoms with Gasteiger partial charge in [-0.3, -0.25) is 9.78 Å². The minimum Gasteiger partial charge on any atom is -0.452 e. The molecule has 0 aliphatic carbocycles. The number of hydrogen-bond donors (Lipinski definition) is 1. The van der Waals surface area contributed by atoms with Crippen molar-refractivity contribution < 1.29 is 14.3 Å². The highest BCUT2D eigenvalue weighted by molar-refractivity contribution is 5.95. The Bertz CT molecular complexity index is 991. The maximum atomic E-state index is 12.4. The predicted molar refractivity (Wildman–Crippen MR) is 105 cm³/mol. The lowest BCUT2D eigenvalue weighted by molar-refractivity contribution is -0.135. The molecule has 1 aromatic carbocycles. The smallest absolute Gasteiger partial charge is 0.338 e. The number of likely N-dealkylation sites (tertiary alicyclic amines) is 1. The number of esters is 1. The summed E-state index contributed by atoms with van der Waals surface area (Å²) in [6.07, 6.45) is 5.41. The maximum absolute atomic E-state index is 12.4. The standard InChI is InChI=1S/C21H22N4O3/c1-14-6-9-25(10-7-14)19(26)13-28-21(27)15-4-5-17-18(11-15)24-20(23-17)16-3-2-8-22-12-16/h2-5,8,11-12,14H,6-7,9-10,13H2,1H3,(H,23,24). The average molecular weight is 378 g/mol. The third kappa shape index (κ3) is 3.88. The zero-order chi connectivity index (χ0) is 19.5. The molecule has 1 aliphatic rings. The fourth-order valence-corrected chi connectivity index (χ4v) is 3.34. The average Bonchev–Trinajstić information content (AvgIpc) is 3.16. The first-order valence-corrected chi connectivity index (χ1v) is 9.45. The third-order valence-corrected chi connectivity index (χ3v) is 5.12. The highest BCUT2D eigenvalue weighted by Crippen LogP contribution is 2.21. The Hall–Kier alpha value is -3.22. The molecule has 2 aromatic heterocycles. The van der Waals surface area contributed by atoms with E-state index in [0.717, 1.165) is 42.5 Å². The topological polar surface area (TPSA) is 88.2 Å². The fraction of sp³-hybridized carbons (Fsp3) is 0.333. The van der Waals surface area contributed by atoms with Crippen LogP contribution in [0.25, 0.3) is 22.4 Å². The monoisotopic (exact) mass is 378 g/mol. The first kappa shape index (κ1) is 18.2. The molecule has 28 heavy (non-hydrogen) atoms. The van der Waals surface area contributed by atoms with Crippen LogP contribution in [0.5, 0.6) is 0 Å². The summed E-state index contributed by atoms with van der Waals surface area (Å²) >= 11 is 0. The number of rotatable bonds is 4. The lowest BCUT2D eigenvalue weighted by Crippen LogP contribution is -2.40. The third-order valence-electron chi connectivity index (χ3n) is 5.12. The van der Waals surface area contributed by atoms with Gasteiger partial charge in [-0.05, 0) is 49.1 Å². The van der Waals surface area contributed by atoms with E-state index in [9.17, 15) is 9.59 Å². The second-order valence-electron chi connectivity index (χ2n) is 7.20. The lowest BCUT2D eigenvalue weighted by Gasteiger charge is -2.30. The Kier molecular flexibility index (Phi) is 5.06. The summed E-state index contributed by atoms with van der Waals surface area (Å²) < 4.78 is 5.24. The van der Waals surface area contributed by atoms with Gasteiger partial charge in [-0.15, -0.1) is 0 Å². The summed E-state index contributed by atoms with van der Waals surface area (Å²) in [6.45, 7) is 3.42. The van der Waals surface area contributed by atoms with E-state index in [4.69, 9.17) is 4.74 Å². The molecule has 3 heterocycles. The molecule has 144 valence electrons. The van der Waals surface area contributed by atoms with Crippen LogP contribution in [0, 0.1) is 5.92 Å². The number of imidazole rings is 1. The fourth-order valence-electron chi connectivity index (χ4n) is 3.34. The van der Waals surface area contributed by atoms with E-state index in [2.05, 4.69) is 21.9 Å². The molecule has 1 saturated heterocycles. The Balaban J connectivity index is 1.42. The molecule has 0 bridgehead atoms. The highest BCUT2D eigenvalue weighted by atomic mass is 16.5. The van der Waals surface area contributed by atoms with Gasteiger partial charge in [0.2, 0.25) is 0 Å². The summed E-state index contributed by atoms with van der Waals surface area (Å²) in [4.78, 5) is 38.2. The Morgan fingerprint density at radius 2 is 2.07 bits per heavy atom. The van der Waals surface area contributed by atoms with Crippen LogP contribution in [0.3, 0.4) is 0 Å². The molecule has 3 aromatic rings. The number of piperidine rings is 1.